The van der Waals surface area contributed by atoms with Crippen molar-refractivity contribution in [1.82, 2.24) is 14.8 Å². The van der Waals surface area contributed by atoms with E-state index in [2.05, 4.69) is 11.1 Å². The van der Waals surface area contributed by atoms with Gasteiger partial charge in [0.25, 0.3) is 11.8 Å². The van der Waals surface area contributed by atoms with Crippen LogP contribution >= 0.6 is 18.9 Å². The lowest BCUT2D eigenvalue weighted by atomic mass is 9.72. The van der Waals surface area contributed by atoms with Gasteiger partial charge in [-0.15, -0.1) is 0 Å². The molecule has 57 heavy (non-hydrogen) atoms. The third-order valence-corrected chi connectivity index (χ3v) is 13.4. The van der Waals surface area contributed by atoms with Crippen molar-refractivity contribution >= 4 is 30.7 Å². The number of ether oxygens (including phenoxy) is 2. The number of pyridine rings is 1. The fraction of sp³-hybridized carbons (Fsp3) is 0.526. The largest absolute Gasteiger partial charge is 0.493 e. The Morgan fingerprint density at radius 3 is 2.32 bits per heavy atom. The van der Waals surface area contributed by atoms with Crippen LogP contribution in [-0.4, -0.2) is 84.9 Å². The highest BCUT2D eigenvalue weighted by Crippen LogP contribution is 2.48. The van der Waals surface area contributed by atoms with Gasteiger partial charge in [-0.1, -0.05) is 42.9 Å². The summed E-state index contributed by atoms with van der Waals surface area (Å²) in [5, 5.41) is 10.4. The van der Waals surface area contributed by atoms with Crippen LogP contribution in [-0.2, 0) is 36.2 Å². The van der Waals surface area contributed by atoms with E-state index in [1.165, 1.54) is 19.1 Å². The first-order valence-electron chi connectivity index (χ1n) is 18.3. The number of piperidine rings is 2. The van der Waals surface area contributed by atoms with Crippen LogP contribution in [0.25, 0.3) is 0 Å². The predicted octanol–water partition coefficient (Wildman–Crippen LogP) is 8.74. The fourth-order valence-corrected chi connectivity index (χ4v) is 9.39. The van der Waals surface area contributed by atoms with Gasteiger partial charge in [-0.2, -0.15) is 31.6 Å². The summed E-state index contributed by atoms with van der Waals surface area (Å²) in [4.78, 5) is 34.5. The molecule has 0 bridgehead atoms. The van der Waals surface area contributed by atoms with Crippen LogP contribution in [0.1, 0.15) is 78.2 Å². The van der Waals surface area contributed by atoms with Gasteiger partial charge in [-0.3, -0.25) is 19.1 Å². The average Bonchev–Trinajstić information content (AvgIpc) is 3.69. The first-order chi connectivity index (χ1) is 27.0. The number of nitriles is 1. The van der Waals surface area contributed by atoms with Crippen molar-refractivity contribution in [3.63, 3.8) is 0 Å². The molecule has 3 aromatic rings. The van der Waals surface area contributed by atoms with Crippen LogP contribution in [0.3, 0.4) is 0 Å². The zero-order valence-electron chi connectivity index (χ0n) is 31.5. The average molecular weight is 845 g/mol. The normalized spacial score (nSPS) is 20.2. The molecular weight excluding hydrogens is 801 g/mol. The number of halogens is 6. The molecule has 2 fully saturated rings. The molecule has 0 radical (unpaired) electrons. The zero-order valence-corrected chi connectivity index (χ0v) is 33.2. The van der Waals surface area contributed by atoms with Gasteiger partial charge in [0, 0.05) is 58.2 Å². The van der Waals surface area contributed by atoms with Crippen molar-refractivity contribution in [3.05, 3.63) is 76.4 Å². The van der Waals surface area contributed by atoms with E-state index in [1.807, 2.05) is 0 Å². The molecule has 0 saturated carbocycles. The number of alkyl halides is 6. The summed E-state index contributed by atoms with van der Waals surface area (Å²) >= 11 is 0.275. The second-order valence-electron chi connectivity index (χ2n) is 13.8. The lowest BCUT2D eigenvalue weighted by molar-refractivity contribution is -0.160. The Morgan fingerprint density at radius 1 is 1.00 bits per heavy atom. The van der Waals surface area contributed by atoms with Crippen molar-refractivity contribution < 1.29 is 59.0 Å². The van der Waals surface area contributed by atoms with E-state index in [0.717, 1.165) is 29.4 Å². The Balaban J connectivity index is 1.47. The molecule has 2 amide bonds. The molecule has 0 unspecified atom stereocenters. The van der Waals surface area contributed by atoms with Crippen LogP contribution < -0.4 is 9.47 Å². The number of carbonyl (C=O) groups excluding carboxylic acids is 2. The molecule has 4 heterocycles. The fourth-order valence-electron chi connectivity index (χ4n) is 7.56. The number of nitrogens with zero attached hydrogens (tertiary/aromatic N) is 4. The molecule has 0 N–H and O–H groups in total. The molecule has 11 nitrogen and oxygen atoms in total. The smallest absolute Gasteiger partial charge is 0.425 e. The molecule has 0 spiro atoms. The first kappa shape index (κ1) is 43.9. The highest BCUT2D eigenvalue weighted by atomic mass is 32.1. The molecule has 19 heteroatoms. The molecular formula is C38H43F6N4O7PS. The van der Waals surface area contributed by atoms with Gasteiger partial charge in [0.1, 0.15) is 10.6 Å². The number of hydrogen-bond acceptors (Lipinski definition) is 10. The lowest BCUT2D eigenvalue weighted by Gasteiger charge is -2.51. The van der Waals surface area contributed by atoms with Crippen molar-refractivity contribution in [2.45, 2.75) is 81.3 Å². The van der Waals surface area contributed by atoms with E-state index < -0.39 is 64.8 Å². The van der Waals surface area contributed by atoms with Gasteiger partial charge < -0.3 is 28.3 Å². The number of thiophene rings is 1. The molecule has 5 rings (SSSR count). The number of hydrogen-bond donors (Lipinski definition) is 0. The van der Waals surface area contributed by atoms with Gasteiger partial charge in [0.15, 0.2) is 5.06 Å². The summed E-state index contributed by atoms with van der Waals surface area (Å²) in [5.74, 6) is -1.28. The number of amides is 2. The zero-order chi connectivity index (χ0) is 41.6. The first-order valence-corrected chi connectivity index (χ1v) is 20.8. The lowest BCUT2D eigenvalue weighted by Crippen LogP contribution is -2.68. The quantitative estimate of drug-likeness (QED) is 0.0888. The van der Waals surface area contributed by atoms with Crippen LogP contribution in [0.5, 0.6) is 10.8 Å². The number of benzene rings is 1. The molecule has 2 saturated heterocycles. The maximum Gasteiger partial charge on any atom is 0.425 e. The summed E-state index contributed by atoms with van der Waals surface area (Å²) in [5.41, 5.74) is -4.49. The Hall–Kier alpha value is -4.17. The maximum absolute atomic E-state index is 15.0. The topological polar surface area (TPSA) is 131 Å². The highest BCUT2D eigenvalue weighted by molar-refractivity contribution is 7.53. The van der Waals surface area contributed by atoms with Gasteiger partial charge >= 0.3 is 19.9 Å². The van der Waals surface area contributed by atoms with Crippen molar-refractivity contribution in [1.29, 1.82) is 5.26 Å². The summed E-state index contributed by atoms with van der Waals surface area (Å²) in [7, 11) is -0.687. The third kappa shape index (κ3) is 9.43. The van der Waals surface area contributed by atoms with E-state index in [0.29, 0.717) is 30.2 Å². The Kier molecular flexibility index (Phi) is 13.7. The standard InChI is InChI=1S/C38H43F6N4O7PS/c1-4-9-30-36(55-32-13-12-31(57-32)38(42,43)44,15-7-19-48(30)33(49)26-24-46-18-14-27(26)37(39,40)41)34(50)47-20-16-35(25-45,17-21-47)28-10-5-6-11-29(28)54-22-8-23-56(51,52-2)53-3/h5-6,10-14,18,24,30H,4,7-9,15-17,19-23H2,1-3H3/t30-,36+/m1/s1. The number of aromatic nitrogens is 1. The molecule has 310 valence electrons. The monoisotopic (exact) mass is 844 g/mol. The number of rotatable bonds is 14. The minimum Gasteiger partial charge on any atom is -0.493 e. The molecule has 2 atom stereocenters. The molecule has 1 aromatic carbocycles. The number of likely N-dealkylation sites (tertiary alicyclic amines) is 2. The molecule has 0 aliphatic carbocycles. The Bertz CT molecular complexity index is 1970. The number of carbonyl (C=O) groups is 2. The number of para-hydroxylation sites is 1. The SMILES string of the molecule is CCC[C@H]1N(C(=O)c2cnccc2C(F)(F)F)CCC[C@@]1(Oc1ccc(C(F)(F)F)s1)C(=O)N1CCC(C#N)(c2ccccc2OCCCP(=O)(OC)OC)CC1. The van der Waals surface area contributed by atoms with E-state index >= 15 is 4.79 Å². The molecule has 2 aliphatic heterocycles. The molecule has 2 aliphatic rings. The van der Waals surface area contributed by atoms with Crippen LogP contribution in [0.15, 0.2) is 54.9 Å². The van der Waals surface area contributed by atoms with E-state index in [1.54, 1.807) is 31.2 Å². The Labute approximate surface area is 330 Å². The van der Waals surface area contributed by atoms with Gasteiger partial charge in [-0.05, 0) is 56.4 Å². The Morgan fingerprint density at radius 2 is 1.70 bits per heavy atom. The second-order valence-corrected chi connectivity index (χ2v) is 17.3. The summed E-state index contributed by atoms with van der Waals surface area (Å²) in [6.45, 7) is 1.84. The van der Waals surface area contributed by atoms with E-state index in [-0.39, 0.29) is 80.9 Å². The minimum absolute atomic E-state index is 0.00254. The van der Waals surface area contributed by atoms with Crippen molar-refractivity contribution in [2.24, 2.45) is 0 Å². The van der Waals surface area contributed by atoms with Crippen LogP contribution in [0.4, 0.5) is 26.3 Å². The van der Waals surface area contributed by atoms with Crippen molar-refractivity contribution in [2.75, 3.05) is 46.6 Å². The summed E-state index contributed by atoms with van der Waals surface area (Å²) in [6, 6.07) is 10.8. The van der Waals surface area contributed by atoms with Crippen molar-refractivity contribution in [3.8, 4) is 16.9 Å². The predicted molar refractivity (Wildman–Crippen MR) is 197 cm³/mol. The maximum atomic E-state index is 15.0. The van der Waals surface area contributed by atoms with Crippen LogP contribution in [0.2, 0.25) is 0 Å². The van der Waals surface area contributed by atoms with Gasteiger partial charge in [-0.25, -0.2) is 0 Å². The van der Waals surface area contributed by atoms with E-state index in [9.17, 15) is 41.0 Å². The van der Waals surface area contributed by atoms with Gasteiger partial charge in [0.2, 0.25) is 5.60 Å². The van der Waals surface area contributed by atoms with Crippen LogP contribution in [0, 0.1) is 11.3 Å². The van der Waals surface area contributed by atoms with Gasteiger partial charge in [0.05, 0.1) is 41.4 Å². The third-order valence-electron chi connectivity index (χ3n) is 10.5. The highest BCUT2D eigenvalue weighted by Gasteiger charge is 2.57. The summed E-state index contributed by atoms with van der Waals surface area (Å²) < 4.78 is 118. The molecule has 2 aromatic heterocycles. The van der Waals surface area contributed by atoms with E-state index in [4.69, 9.17) is 18.5 Å². The second kappa shape index (κ2) is 17.8. The minimum atomic E-state index is -4.90. The summed E-state index contributed by atoms with van der Waals surface area (Å²) in [6.07, 6.45) is -6.77.